The van der Waals surface area contributed by atoms with Gasteiger partial charge in [0.15, 0.2) is 11.5 Å². The number of hydrogen-bond donors (Lipinski definition) is 3. The molecule has 3 aromatic rings. The molecule has 36 heavy (non-hydrogen) atoms. The molecule has 1 saturated carbocycles. The van der Waals surface area contributed by atoms with Crippen LogP contribution in [0.2, 0.25) is 0 Å². The van der Waals surface area contributed by atoms with Gasteiger partial charge in [-0.15, -0.1) is 0 Å². The third-order valence-electron chi connectivity index (χ3n) is 5.34. The van der Waals surface area contributed by atoms with Gasteiger partial charge in [-0.1, -0.05) is 0 Å². The summed E-state index contributed by atoms with van der Waals surface area (Å²) in [6.07, 6.45) is 6.12. The van der Waals surface area contributed by atoms with Crippen LogP contribution in [0.15, 0.2) is 30.7 Å². The Labute approximate surface area is 208 Å². The van der Waals surface area contributed by atoms with E-state index in [1.165, 1.54) is 19.5 Å². The Bertz CT molecular complexity index is 1250. The van der Waals surface area contributed by atoms with Crippen LogP contribution < -0.4 is 20.1 Å². The number of pyridine rings is 1. The summed E-state index contributed by atoms with van der Waals surface area (Å²) in [7, 11) is 1.54. The number of H-pyrrole nitrogens is 1. The van der Waals surface area contributed by atoms with Crippen LogP contribution in [0, 0.1) is 11.3 Å². The molecule has 1 aliphatic rings. The molecule has 1 amide bonds. The molecule has 0 aromatic carbocycles. The number of ether oxygens (including phenoxy) is 3. The van der Waals surface area contributed by atoms with Crippen molar-refractivity contribution < 1.29 is 19.0 Å². The zero-order valence-electron chi connectivity index (χ0n) is 20.5. The summed E-state index contributed by atoms with van der Waals surface area (Å²) >= 11 is 0. The van der Waals surface area contributed by atoms with E-state index in [-0.39, 0.29) is 17.8 Å². The minimum absolute atomic E-state index is 0.0338. The minimum atomic E-state index is -0.550. The quantitative estimate of drug-likeness (QED) is 0.443. The molecular weight excluding hydrogens is 464 g/mol. The zero-order valence-corrected chi connectivity index (χ0v) is 20.5. The lowest BCUT2D eigenvalue weighted by molar-refractivity contribution is 0.0503. The van der Waals surface area contributed by atoms with Crippen LogP contribution in [0.4, 0.5) is 16.4 Å². The highest BCUT2D eigenvalue weighted by Crippen LogP contribution is 2.38. The Morgan fingerprint density at radius 1 is 1.19 bits per heavy atom. The maximum Gasteiger partial charge on any atom is 0.407 e. The number of rotatable bonds is 7. The highest BCUT2D eigenvalue weighted by molar-refractivity contribution is 5.74. The lowest BCUT2D eigenvalue weighted by Crippen LogP contribution is -2.38. The van der Waals surface area contributed by atoms with Gasteiger partial charge < -0.3 is 24.8 Å². The highest BCUT2D eigenvalue weighted by atomic mass is 16.6. The standard InChI is InChI=1S/C24H28N8O4/c1-24(2,3)36-23(33)29-14-5-6-16(9-14)35-18-7-8-26-22(34-4)21(18)17-10-19(32-31-17)30-20-13-27-15(11-25)12-28-20/h7-8,10,12-14,16H,5-6,9H2,1-4H3,(H,29,33)(H2,28,30,31,32)/t14-,16+/m0/s1. The molecule has 2 atom stereocenters. The number of methoxy groups -OCH3 is 1. The van der Waals surface area contributed by atoms with Crippen molar-refractivity contribution in [2.24, 2.45) is 0 Å². The first kappa shape index (κ1) is 24.7. The average molecular weight is 493 g/mol. The fourth-order valence-electron chi connectivity index (χ4n) is 3.85. The molecule has 0 saturated heterocycles. The van der Waals surface area contributed by atoms with E-state index in [2.05, 4.69) is 35.8 Å². The maximum atomic E-state index is 12.1. The summed E-state index contributed by atoms with van der Waals surface area (Å²) in [5.74, 6) is 1.89. The van der Waals surface area contributed by atoms with Gasteiger partial charge in [-0.3, -0.25) is 5.10 Å². The lowest BCUT2D eigenvalue weighted by Gasteiger charge is -2.22. The molecule has 0 bridgehead atoms. The van der Waals surface area contributed by atoms with E-state index in [1.807, 2.05) is 26.8 Å². The van der Waals surface area contributed by atoms with Crippen LogP contribution in [0.1, 0.15) is 45.7 Å². The van der Waals surface area contributed by atoms with E-state index < -0.39 is 11.7 Å². The Morgan fingerprint density at radius 3 is 2.72 bits per heavy atom. The lowest BCUT2D eigenvalue weighted by atomic mass is 10.1. The van der Waals surface area contributed by atoms with E-state index in [1.54, 1.807) is 18.3 Å². The Balaban J connectivity index is 1.46. The van der Waals surface area contributed by atoms with Gasteiger partial charge in [0.1, 0.15) is 34.9 Å². The molecule has 12 heteroatoms. The smallest absolute Gasteiger partial charge is 0.407 e. The number of carbonyl (C=O) groups excluding carboxylic acids is 1. The second-order valence-electron chi connectivity index (χ2n) is 9.28. The predicted octanol–water partition coefficient (Wildman–Crippen LogP) is 3.71. The first-order chi connectivity index (χ1) is 17.2. The van der Waals surface area contributed by atoms with E-state index in [0.717, 1.165) is 12.8 Å². The number of aromatic amines is 1. The summed E-state index contributed by atoms with van der Waals surface area (Å²) in [6.45, 7) is 5.50. The van der Waals surface area contributed by atoms with Gasteiger partial charge in [-0.05, 0) is 39.7 Å². The minimum Gasteiger partial charge on any atom is -0.489 e. The largest absolute Gasteiger partial charge is 0.489 e. The topological polar surface area (TPSA) is 160 Å². The van der Waals surface area contributed by atoms with Crippen molar-refractivity contribution in [2.75, 3.05) is 12.4 Å². The third-order valence-corrected chi connectivity index (χ3v) is 5.34. The summed E-state index contributed by atoms with van der Waals surface area (Å²) in [4.78, 5) is 24.6. The molecule has 4 rings (SSSR count). The van der Waals surface area contributed by atoms with E-state index >= 15 is 0 Å². The maximum absolute atomic E-state index is 12.1. The molecule has 188 valence electrons. The molecule has 0 radical (unpaired) electrons. The number of aromatic nitrogens is 5. The SMILES string of the molecule is COc1nccc(O[C@@H]2CC[C@H](NC(=O)OC(C)(C)C)C2)c1-c1cc(Nc2cnc(C#N)cn2)n[nH]1. The predicted molar refractivity (Wildman–Crippen MR) is 130 cm³/mol. The Kier molecular flexibility index (Phi) is 7.19. The van der Waals surface area contributed by atoms with Crippen LogP contribution >= 0.6 is 0 Å². The van der Waals surface area contributed by atoms with E-state index in [4.69, 9.17) is 19.5 Å². The molecule has 3 heterocycles. The molecule has 12 nitrogen and oxygen atoms in total. The molecule has 1 aliphatic carbocycles. The van der Waals surface area contributed by atoms with Crippen molar-refractivity contribution in [3.05, 3.63) is 36.4 Å². The molecule has 3 aromatic heterocycles. The number of nitriles is 1. The number of nitrogens with one attached hydrogen (secondary N) is 3. The van der Waals surface area contributed by atoms with Crippen molar-refractivity contribution in [1.29, 1.82) is 5.26 Å². The second-order valence-corrected chi connectivity index (χ2v) is 9.28. The average Bonchev–Trinajstić information content (AvgIpc) is 3.47. The van der Waals surface area contributed by atoms with Crippen LogP contribution in [0.3, 0.4) is 0 Å². The summed E-state index contributed by atoms with van der Waals surface area (Å²) < 4.78 is 17.2. The fraction of sp³-hybridized carbons (Fsp3) is 0.417. The van der Waals surface area contributed by atoms with Gasteiger partial charge in [0.2, 0.25) is 5.88 Å². The summed E-state index contributed by atoms with van der Waals surface area (Å²) in [6, 6.07) is 5.44. The summed E-state index contributed by atoms with van der Waals surface area (Å²) in [5.41, 5.74) is 0.919. The fourth-order valence-corrected chi connectivity index (χ4v) is 3.85. The van der Waals surface area contributed by atoms with Crippen LogP contribution in [0.25, 0.3) is 11.3 Å². The molecule has 0 aliphatic heterocycles. The second kappa shape index (κ2) is 10.5. The zero-order chi connectivity index (χ0) is 25.7. The number of carbonyl (C=O) groups is 1. The van der Waals surface area contributed by atoms with Gasteiger partial charge in [0.25, 0.3) is 0 Å². The van der Waals surface area contributed by atoms with Crippen LogP contribution in [0.5, 0.6) is 11.6 Å². The molecule has 0 spiro atoms. The van der Waals surface area contributed by atoms with Crippen molar-refractivity contribution in [3.63, 3.8) is 0 Å². The molecule has 1 fully saturated rings. The monoisotopic (exact) mass is 492 g/mol. The van der Waals surface area contributed by atoms with Crippen molar-refractivity contribution >= 4 is 17.7 Å². The highest BCUT2D eigenvalue weighted by Gasteiger charge is 2.30. The number of nitrogens with zero attached hydrogens (tertiary/aromatic N) is 5. The molecule has 0 unspecified atom stereocenters. The van der Waals surface area contributed by atoms with E-state index in [0.29, 0.717) is 40.9 Å². The van der Waals surface area contributed by atoms with Gasteiger partial charge in [-0.2, -0.15) is 10.4 Å². The van der Waals surface area contributed by atoms with Crippen molar-refractivity contribution in [1.82, 2.24) is 30.5 Å². The van der Waals surface area contributed by atoms with Crippen LogP contribution in [-0.4, -0.2) is 56.1 Å². The Hall–Kier alpha value is -4.40. The van der Waals surface area contributed by atoms with Gasteiger partial charge in [0, 0.05) is 24.7 Å². The van der Waals surface area contributed by atoms with Crippen LogP contribution in [-0.2, 0) is 4.74 Å². The van der Waals surface area contributed by atoms with Gasteiger partial charge in [-0.25, -0.2) is 19.7 Å². The van der Waals surface area contributed by atoms with Gasteiger partial charge >= 0.3 is 6.09 Å². The number of alkyl carbamates (subject to hydrolysis) is 1. The van der Waals surface area contributed by atoms with E-state index in [9.17, 15) is 4.79 Å². The first-order valence-electron chi connectivity index (χ1n) is 11.5. The summed E-state index contributed by atoms with van der Waals surface area (Å²) in [5, 5.41) is 22.1. The molecular formula is C24H28N8O4. The normalized spacial score (nSPS) is 17.2. The number of amides is 1. The number of anilines is 2. The Morgan fingerprint density at radius 2 is 2.03 bits per heavy atom. The molecule has 3 N–H and O–H groups in total. The van der Waals surface area contributed by atoms with Gasteiger partial charge in [0.05, 0.1) is 25.2 Å². The first-order valence-corrected chi connectivity index (χ1v) is 11.5. The third kappa shape index (κ3) is 6.18. The van der Waals surface area contributed by atoms with Crippen molar-refractivity contribution in [2.45, 2.75) is 57.8 Å². The van der Waals surface area contributed by atoms with Crippen molar-refractivity contribution in [3.8, 4) is 29.0 Å². The number of hydrogen-bond acceptors (Lipinski definition) is 10.